The first-order chi connectivity index (χ1) is 24.2. The zero-order valence-corrected chi connectivity index (χ0v) is 27.3. The molecule has 50 heavy (non-hydrogen) atoms. The largest absolute Gasteiger partial charge is 0.508 e. The van der Waals surface area contributed by atoms with Crippen LogP contribution in [0.4, 0.5) is 0 Å². The van der Waals surface area contributed by atoms with E-state index in [-0.39, 0.29) is 46.0 Å². The first-order valence-corrected chi connectivity index (χ1v) is 16.4. The van der Waals surface area contributed by atoms with Crippen molar-refractivity contribution in [3.63, 3.8) is 0 Å². The van der Waals surface area contributed by atoms with Crippen molar-refractivity contribution in [2.75, 3.05) is 0 Å². The van der Waals surface area contributed by atoms with Gasteiger partial charge in [0.05, 0.1) is 0 Å². The van der Waals surface area contributed by atoms with Crippen LogP contribution >= 0.6 is 0 Å². The summed E-state index contributed by atoms with van der Waals surface area (Å²) < 4.78 is 12.1. The Morgan fingerprint density at radius 1 is 0.340 bits per heavy atom. The molecule has 0 aromatic heterocycles. The van der Waals surface area contributed by atoms with E-state index in [0.29, 0.717) is 61.2 Å². The van der Waals surface area contributed by atoms with Crippen LogP contribution in [0.2, 0.25) is 0 Å². The molecular formula is C42H38O8. The Hall–Kier alpha value is -6.28. The lowest BCUT2D eigenvalue weighted by Crippen LogP contribution is -1.96. The van der Waals surface area contributed by atoms with Crippen LogP contribution in [-0.2, 0) is 38.5 Å². The molecule has 0 radical (unpaired) electrons. The summed E-state index contributed by atoms with van der Waals surface area (Å²) in [6.07, 6.45) is 3.55. The van der Waals surface area contributed by atoms with E-state index in [1.807, 2.05) is 48.5 Å². The van der Waals surface area contributed by atoms with Gasteiger partial charge in [0, 0.05) is 12.1 Å². The van der Waals surface area contributed by atoms with Crippen LogP contribution in [0.5, 0.6) is 57.5 Å². The molecule has 0 spiro atoms. The summed E-state index contributed by atoms with van der Waals surface area (Å²) in [6, 6.07) is 35.0. The van der Waals surface area contributed by atoms with Gasteiger partial charge in [0.2, 0.25) is 0 Å². The average Bonchev–Trinajstić information content (AvgIpc) is 3.09. The summed E-state index contributed by atoms with van der Waals surface area (Å²) in [6.45, 7) is 0. The number of benzene rings is 6. The van der Waals surface area contributed by atoms with Crippen LogP contribution in [0.3, 0.4) is 0 Å². The zero-order chi connectivity index (χ0) is 35.0. The van der Waals surface area contributed by atoms with Crippen LogP contribution in [0.1, 0.15) is 33.4 Å². The first kappa shape index (κ1) is 33.6. The van der Waals surface area contributed by atoms with Gasteiger partial charge in [-0.05, 0) is 133 Å². The lowest BCUT2D eigenvalue weighted by atomic mass is 10.0. The normalized spacial score (nSPS) is 11.0. The predicted molar refractivity (Wildman–Crippen MR) is 191 cm³/mol. The van der Waals surface area contributed by atoms with E-state index < -0.39 is 0 Å². The molecule has 8 nitrogen and oxygen atoms in total. The summed E-state index contributed by atoms with van der Waals surface area (Å²) in [5, 5.41) is 61.4. The molecule has 0 aliphatic rings. The third-order valence-corrected chi connectivity index (χ3v) is 8.46. The minimum atomic E-state index is -0.172. The number of ether oxygens (including phenoxy) is 2. The molecule has 0 aliphatic heterocycles. The molecule has 0 fully saturated rings. The Kier molecular flexibility index (Phi) is 10.3. The monoisotopic (exact) mass is 670 g/mol. The molecular weight excluding hydrogens is 632 g/mol. The number of phenolic OH excluding ortho intramolecular Hbond substituents is 6. The molecule has 6 N–H and O–H groups in total. The molecule has 0 amide bonds. The van der Waals surface area contributed by atoms with Gasteiger partial charge >= 0.3 is 0 Å². The number of phenols is 6. The molecule has 0 atom stereocenters. The summed E-state index contributed by atoms with van der Waals surface area (Å²) in [5.74, 6) is 1.52. The summed E-state index contributed by atoms with van der Waals surface area (Å²) in [7, 11) is 0. The zero-order valence-electron chi connectivity index (χ0n) is 27.3. The molecule has 0 bridgehead atoms. The van der Waals surface area contributed by atoms with Gasteiger partial charge in [-0.3, -0.25) is 0 Å². The summed E-state index contributed by atoms with van der Waals surface area (Å²) in [5.41, 5.74) is 5.12. The maximum atomic E-state index is 10.5. The number of aromatic hydroxyl groups is 6. The second kappa shape index (κ2) is 15.3. The Morgan fingerprint density at radius 2 is 0.700 bits per heavy atom. The SMILES string of the molecule is Oc1cccc(CCc2cc(Oc3cccc(CCc4cccc(Oc5cc(CCc6cccc(O)c6)c(O)cc5O)c4)c3)c(O)cc2O)c1. The van der Waals surface area contributed by atoms with Gasteiger partial charge in [-0.25, -0.2) is 0 Å². The van der Waals surface area contributed by atoms with Crippen molar-refractivity contribution in [1.29, 1.82) is 0 Å². The lowest BCUT2D eigenvalue weighted by Gasteiger charge is -2.13. The highest BCUT2D eigenvalue weighted by atomic mass is 16.5. The maximum Gasteiger partial charge on any atom is 0.169 e. The molecule has 0 heterocycles. The first-order valence-electron chi connectivity index (χ1n) is 16.4. The Morgan fingerprint density at radius 3 is 1.10 bits per heavy atom. The van der Waals surface area contributed by atoms with E-state index in [4.69, 9.17) is 9.47 Å². The average molecular weight is 671 g/mol. The van der Waals surface area contributed by atoms with Gasteiger partial charge in [-0.2, -0.15) is 0 Å². The topological polar surface area (TPSA) is 140 Å². The van der Waals surface area contributed by atoms with Crippen molar-refractivity contribution in [2.24, 2.45) is 0 Å². The van der Waals surface area contributed by atoms with E-state index >= 15 is 0 Å². The maximum absolute atomic E-state index is 10.5. The highest BCUT2D eigenvalue weighted by Gasteiger charge is 2.14. The third-order valence-electron chi connectivity index (χ3n) is 8.46. The van der Waals surface area contributed by atoms with E-state index in [1.54, 1.807) is 60.7 Å². The molecule has 0 saturated carbocycles. The van der Waals surface area contributed by atoms with Crippen molar-refractivity contribution in [3.8, 4) is 57.5 Å². The van der Waals surface area contributed by atoms with Gasteiger partial charge < -0.3 is 40.1 Å². The smallest absolute Gasteiger partial charge is 0.169 e. The van der Waals surface area contributed by atoms with Crippen molar-refractivity contribution in [1.82, 2.24) is 0 Å². The standard InChI is InChI=1S/C42H38O8/c43-33-9-1-5-27(19-33)15-17-31-23-41(39(47)25-37(31)45)49-35-11-3-7-29(21-35)13-14-30-8-4-12-36(22-30)50-42-24-32(38(46)26-40(42)48)18-16-28-6-2-10-34(44)20-28/h1-12,19-26,43-48H,13-18H2. The lowest BCUT2D eigenvalue weighted by molar-refractivity contribution is 0.400. The number of rotatable bonds is 13. The predicted octanol–water partition coefficient (Wildman–Crippen LogP) is 8.86. The van der Waals surface area contributed by atoms with Crippen LogP contribution in [-0.4, -0.2) is 30.6 Å². The van der Waals surface area contributed by atoms with Gasteiger partial charge in [0.1, 0.15) is 34.5 Å². The van der Waals surface area contributed by atoms with Crippen molar-refractivity contribution >= 4 is 0 Å². The summed E-state index contributed by atoms with van der Waals surface area (Å²) in [4.78, 5) is 0. The van der Waals surface area contributed by atoms with Crippen molar-refractivity contribution in [3.05, 3.63) is 155 Å². The highest BCUT2D eigenvalue weighted by Crippen LogP contribution is 2.38. The molecule has 6 aromatic carbocycles. The number of hydrogen-bond acceptors (Lipinski definition) is 8. The van der Waals surface area contributed by atoms with Crippen LogP contribution in [0, 0.1) is 0 Å². The Bertz CT molecular complexity index is 1950. The van der Waals surface area contributed by atoms with Gasteiger partial charge in [0.15, 0.2) is 23.0 Å². The Labute approximate surface area is 290 Å². The van der Waals surface area contributed by atoms with Gasteiger partial charge in [0.25, 0.3) is 0 Å². The quantitative estimate of drug-likeness (QED) is 0.0716. The minimum Gasteiger partial charge on any atom is -0.508 e. The fourth-order valence-electron chi connectivity index (χ4n) is 5.82. The van der Waals surface area contributed by atoms with Crippen LogP contribution in [0.15, 0.2) is 121 Å². The fourth-order valence-corrected chi connectivity index (χ4v) is 5.82. The van der Waals surface area contributed by atoms with Crippen molar-refractivity contribution < 1.29 is 40.1 Å². The highest BCUT2D eigenvalue weighted by molar-refractivity contribution is 5.52. The van der Waals surface area contributed by atoms with Gasteiger partial charge in [-0.15, -0.1) is 0 Å². The van der Waals surface area contributed by atoms with E-state index in [9.17, 15) is 30.6 Å². The van der Waals surface area contributed by atoms with E-state index in [0.717, 1.165) is 22.3 Å². The molecule has 6 rings (SSSR count). The van der Waals surface area contributed by atoms with Crippen LogP contribution < -0.4 is 9.47 Å². The summed E-state index contributed by atoms with van der Waals surface area (Å²) >= 11 is 0. The van der Waals surface area contributed by atoms with Gasteiger partial charge in [-0.1, -0.05) is 48.5 Å². The second-order valence-corrected chi connectivity index (χ2v) is 12.2. The van der Waals surface area contributed by atoms with Crippen molar-refractivity contribution in [2.45, 2.75) is 38.5 Å². The molecule has 8 heteroatoms. The van der Waals surface area contributed by atoms with E-state index in [2.05, 4.69) is 0 Å². The number of aryl methyl sites for hydroxylation is 6. The Balaban J connectivity index is 1.08. The second-order valence-electron chi connectivity index (χ2n) is 12.2. The fraction of sp³-hybridized carbons (Fsp3) is 0.143. The molecule has 254 valence electrons. The molecule has 0 saturated heterocycles. The van der Waals surface area contributed by atoms with Crippen LogP contribution in [0.25, 0.3) is 0 Å². The number of hydrogen-bond donors (Lipinski definition) is 6. The minimum absolute atomic E-state index is 0.0269. The van der Waals surface area contributed by atoms with E-state index in [1.165, 1.54) is 12.1 Å². The third kappa shape index (κ3) is 8.79. The molecule has 6 aromatic rings. The molecule has 0 aliphatic carbocycles. The molecule has 0 unspecified atom stereocenters.